The Kier molecular flexibility index (Phi) is 5.27. The Labute approximate surface area is 111 Å². The lowest BCUT2D eigenvalue weighted by Crippen LogP contribution is -2.37. The molecular formula is C16H27NO. The number of amides is 1. The summed E-state index contributed by atoms with van der Waals surface area (Å²) < 4.78 is 0. The minimum atomic E-state index is 0.278. The summed E-state index contributed by atoms with van der Waals surface area (Å²) in [6.07, 6.45) is 15.1. The minimum absolute atomic E-state index is 0.278. The Bertz CT molecular complexity index is 297. The zero-order valence-electron chi connectivity index (χ0n) is 11.7. The largest absolute Gasteiger partial charge is 0.353 e. The topological polar surface area (TPSA) is 29.1 Å². The number of unbranched alkanes of at least 4 members (excludes halogenated alkanes) is 1. The van der Waals surface area contributed by atoms with Crippen LogP contribution in [0.2, 0.25) is 0 Å². The second-order valence-corrected chi connectivity index (χ2v) is 5.98. The van der Waals surface area contributed by atoms with E-state index < -0.39 is 0 Å². The third-order valence-electron chi connectivity index (χ3n) is 4.49. The summed E-state index contributed by atoms with van der Waals surface area (Å²) in [5.74, 6) is 1.52. The van der Waals surface area contributed by atoms with Crippen LogP contribution in [0.4, 0.5) is 0 Å². The number of rotatable bonds is 6. The maximum Gasteiger partial charge on any atom is 0.220 e. The first kappa shape index (κ1) is 13.6. The molecule has 2 aliphatic rings. The van der Waals surface area contributed by atoms with Crippen molar-refractivity contribution in [3.63, 3.8) is 0 Å². The molecule has 0 saturated heterocycles. The molecule has 1 fully saturated rings. The fourth-order valence-corrected chi connectivity index (χ4v) is 3.41. The maximum absolute atomic E-state index is 12.0. The van der Waals surface area contributed by atoms with Gasteiger partial charge in [-0.3, -0.25) is 4.79 Å². The highest BCUT2D eigenvalue weighted by molar-refractivity contribution is 5.76. The first-order valence-electron chi connectivity index (χ1n) is 7.75. The average molecular weight is 249 g/mol. The molecule has 2 heteroatoms. The number of hydrogen-bond acceptors (Lipinski definition) is 1. The standard InChI is InChI=1S/C16H27NO/c1-2-3-9-14-10-6-11-15(14)17-16(18)12-13-7-4-5-8-13/h4,7,13-15H,2-3,5-6,8-12H2,1H3,(H,17,18). The molecule has 0 aliphatic heterocycles. The average Bonchev–Trinajstić information content (AvgIpc) is 2.98. The summed E-state index contributed by atoms with van der Waals surface area (Å²) in [4.78, 5) is 12.0. The Morgan fingerprint density at radius 1 is 1.33 bits per heavy atom. The molecule has 102 valence electrons. The quantitative estimate of drug-likeness (QED) is 0.712. The van der Waals surface area contributed by atoms with Gasteiger partial charge in [0.05, 0.1) is 0 Å². The van der Waals surface area contributed by atoms with Crippen LogP contribution < -0.4 is 5.32 Å². The van der Waals surface area contributed by atoms with Gasteiger partial charge >= 0.3 is 0 Å². The predicted molar refractivity (Wildman–Crippen MR) is 75.3 cm³/mol. The molecule has 3 atom stereocenters. The van der Waals surface area contributed by atoms with Crippen molar-refractivity contribution in [2.45, 2.75) is 70.8 Å². The summed E-state index contributed by atoms with van der Waals surface area (Å²) in [5, 5.41) is 3.29. The van der Waals surface area contributed by atoms with E-state index in [1.54, 1.807) is 0 Å². The van der Waals surface area contributed by atoms with E-state index in [4.69, 9.17) is 0 Å². The highest BCUT2D eigenvalue weighted by Gasteiger charge is 2.28. The van der Waals surface area contributed by atoms with Gasteiger partial charge in [-0.25, -0.2) is 0 Å². The Morgan fingerprint density at radius 2 is 2.22 bits per heavy atom. The van der Waals surface area contributed by atoms with Crippen LogP contribution >= 0.6 is 0 Å². The van der Waals surface area contributed by atoms with Crippen molar-refractivity contribution in [3.05, 3.63) is 12.2 Å². The van der Waals surface area contributed by atoms with Gasteiger partial charge in [0.2, 0.25) is 5.91 Å². The molecule has 1 amide bonds. The zero-order chi connectivity index (χ0) is 12.8. The van der Waals surface area contributed by atoms with E-state index in [2.05, 4.69) is 24.4 Å². The van der Waals surface area contributed by atoms with Gasteiger partial charge in [0.15, 0.2) is 0 Å². The molecule has 3 unspecified atom stereocenters. The molecule has 2 rings (SSSR count). The number of carbonyl (C=O) groups excluding carboxylic acids is 1. The normalized spacial score (nSPS) is 30.8. The third-order valence-corrected chi connectivity index (χ3v) is 4.49. The van der Waals surface area contributed by atoms with E-state index in [9.17, 15) is 4.79 Å². The number of carbonyl (C=O) groups is 1. The Hall–Kier alpha value is -0.790. The van der Waals surface area contributed by atoms with Gasteiger partial charge in [-0.1, -0.05) is 38.3 Å². The van der Waals surface area contributed by atoms with E-state index in [-0.39, 0.29) is 5.91 Å². The number of hydrogen-bond donors (Lipinski definition) is 1. The molecule has 1 N–H and O–H groups in total. The molecule has 1 saturated carbocycles. The molecule has 0 spiro atoms. The van der Waals surface area contributed by atoms with Gasteiger partial charge < -0.3 is 5.32 Å². The van der Waals surface area contributed by atoms with Crippen molar-refractivity contribution >= 4 is 5.91 Å². The van der Waals surface area contributed by atoms with Crippen LogP contribution in [0.3, 0.4) is 0 Å². The SMILES string of the molecule is CCCCC1CCCC1NC(=O)CC1C=CCC1. The van der Waals surface area contributed by atoms with E-state index in [1.807, 2.05) is 0 Å². The molecule has 0 aromatic carbocycles. The monoisotopic (exact) mass is 249 g/mol. The fourth-order valence-electron chi connectivity index (χ4n) is 3.41. The van der Waals surface area contributed by atoms with Crippen LogP contribution in [0.15, 0.2) is 12.2 Å². The lowest BCUT2D eigenvalue weighted by atomic mass is 9.96. The van der Waals surface area contributed by atoms with E-state index in [1.165, 1.54) is 38.5 Å². The minimum Gasteiger partial charge on any atom is -0.353 e. The van der Waals surface area contributed by atoms with Crippen LogP contribution in [-0.2, 0) is 4.79 Å². The first-order chi connectivity index (χ1) is 8.79. The lowest BCUT2D eigenvalue weighted by molar-refractivity contribution is -0.122. The second kappa shape index (κ2) is 6.96. The number of allylic oxidation sites excluding steroid dienone is 2. The molecular weight excluding hydrogens is 222 g/mol. The van der Waals surface area contributed by atoms with Crippen LogP contribution in [0.25, 0.3) is 0 Å². The number of nitrogens with one attached hydrogen (secondary N) is 1. The second-order valence-electron chi connectivity index (χ2n) is 5.98. The summed E-state index contributed by atoms with van der Waals surface area (Å²) in [6.45, 7) is 2.25. The van der Waals surface area contributed by atoms with Crippen molar-refractivity contribution in [3.8, 4) is 0 Å². The van der Waals surface area contributed by atoms with Gasteiger partial charge in [0.1, 0.15) is 0 Å². The van der Waals surface area contributed by atoms with Crippen molar-refractivity contribution in [2.24, 2.45) is 11.8 Å². The van der Waals surface area contributed by atoms with Crippen molar-refractivity contribution in [1.29, 1.82) is 0 Å². The first-order valence-corrected chi connectivity index (χ1v) is 7.75. The van der Waals surface area contributed by atoms with Crippen molar-refractivity contribution in [1.82, 2.24) is 5.32 Å². The summed E-state index contributed by atoms with van der Waals surface area (Å²) in [7, 11) is 0. The third kappa shape index (κ3) is 3.86. The van der Waals surface area contributed by atoms with Crippen molar-refractivity contribution < 1.29 is 4.79 Å². The van der Waals surface area contributed by atoms with Crippen LogP contribution in [-0.4, -0.2) is 11.9 Å². The lowest BCUT2D eigenvalue weighted by Gasteiger charge is -2.21. The van der Waals surface area contributed by atoms with Gasteiger partial charge in [0, 0.05) is 12.5 Å². The van der Waals surface area contributed by atoms with Crippen LogP contribution in [0.5, 0.6) is 0 Å². The molecule has 2 nitrogen and oxygen atoms in total. The maximum atomic E-state index is 12.0. The van der Waals surface area contributed by atoms with Gasteiger partial charge in [-0.15, -0.1) is 0 Å². The highest BCUT2D eigenvalue weighted by atomic mass is 16.1. The molecule has 18 heavy (non-hydrogen) atoms. The van der Waals surface area contributed by atoms with E-state index in [0.29, 0.717) is 18.4 Å². The zero-order valence-corrected chi connectivity index (χ0v) is 11.7. The molecule has 0 aromatic heterocycles. The van der Waals surface area contributed by atoms with Crippen LogP contribution in [0.1, 0.15) is 64.7 Å². The predicted octanol–water partition coefficient (Wildman–Crippen LogP) is 3.82. The van der Waals surface area contributed by atoms with Crippen molar-refractivity contribution in [2.75, 3.05) is 0 Å². The fraction of sp³-hybridized carbons (Fsp3) is 0.812. The Morgan fingerprint density at radius 3 is 2.94 bits per heavy atom. The van der Waals surface area contributed by atoms with Crippen LogP contribution in [0, 0.1) is 11.8 Å². The molecule has 0 aromatic rings. The summed E-state index contributed by atoms with van der Waals surface area (Å²) in [5.41, 5.74) is 0. The molecule has 0 bridgehead atoms. The van der Waals surface area contributed by atoms with E-state index >= 15 is 0 Å². The highest BCUT2D eigenvalue weighted by Crippen LogP contribution is 2.30. The van der Waals surface area contributed by atoms with E-state index in [0.717, 1.165) is 18.8 Å². The molecule has 0 heterocycles. The molecule has 0 radical (unpaired) electrons. The summed E-state index contributed by atoms with van der Waals surface area (Å²) >= 11 is 0. The molecule has 2 aliphatic carbocycles. The summed E-state index contributed by atoms with van der Waals surface area (Å²) in [6, 6.07) is 0.467. The Balaban J connectivity index is 1.73. The van der Waals surface area contributed by atoms with Gasteiger partial charge in [0.25, 0.3) is 0 Å². The van der Waals surface area contributed by atoms with Gasteiger partial charge in [-0.05, 0) is 43.9 Å². The smallest absolute Gasteiger partial charge is 0.220 e. The van der Waals surface area contributed by atoms with Gasteiger partial charge in [-0.2, -0.15) is 0 Å².